The summed E-state index contributed by atoms with van der Waals surface area (Å²) in [5.41, 5.74) is 2.45. The molecule has 0 N–H and O–H groups in total. The summed E-state index contributed by atoms with van der Waals surface area (Å²) in [6.45, 7) is 2.83. The molecule has 0 heterocycles. The van der Waals surface area contributed by atoms with Crippen molar-refractivity contribution in [1.29, 1.82) is 0 Å². The summed E-state index contributed by atoms with van der Waals surface area (Å²) in [6.07, 6.45) is 0.302. The summed E-state index contributed by atoms with van der Waals surface area (Å²) >= 11 is 11.0. The minimum absolute atomic E-state index is 0.151. The van der Waals surface area contributed by atoms with E-state index in [-0.39, 0.29) is 22.7 Å². The summed E-state index contributed by atoms with van der Waals surface area (Å²) in [4.78, 5) is 46.2. The molecule has 0 radical (unpaired) electrons. The smallest absolute Gasteiger partial charge is 0.252 e. The predicted octanol–water partition coefficient (Wildman–Crippen LogP) is 4.44. The van der Waals surface area contributed by atoms with Gasteiger partial charge in [-0.05, 0) is 91.0 Å². The standard InChI is InChI=1S/C19H14Cl2O4/c1-10(22)14-4-12(5-15(8-14)11(2)23)3-13-6-16(18(20)24)9-17(7-13)19(21)25/h4-9H,3H2,1-2H3. The lowest BCUT2D eigenvalue weighted by atomic mass is 9.95. The number of carbonyl (C=O) groups is 4. The third-order valence-electron chi connectivity index (χ3n) is 3.66. The molecule has 25 heavy (non-hydrogen) atoms. The molecule has 0 saturated carbocycles. The molecule has 2 rings (SSSR count). The van der Waals surface area contributed by atoms with Crippen molar-refractivity contribution in [1.82, 2.24) is 0 Å². The van der Waals surface area contributed by atoms with Gasteiger partial charge in [0.15, 0.2) is 11.6 Å². The van der Waals surface area contributed by atoms with Gasteiger partial charge >= 0.3 is 0 Å². The van der Waals surface area contributed by atoms with Crippen LogP contribution >= 0.6 is 23.2 Å². The lowest BCUT2D eigenvalue weighted by Gasteiger charge is -2.09. The lowest BCUT2D eigenvalue weighted by molar-refractivity contribution is 0.101. The van der Waals surface area contributed by atoms with Crippen LogP contribution in [-0.4, -0.2) is 22.1 Å². The average molecular weight is 377 g/mol. The number of rotatable bonds is 6. The van der Waals surface area contributed by atoms with Crippen LogP contribution in [0.3, 0.4) is 0 Å². The van der Waals surface area contributed by atoms with Crippen molar-refractivity contribution in [2.75, 3.05) is 0 Å². The van der Waals surface area contributed by atoms with Gasteiger partial charge in [-0.25, -0.2) is 0 Å². The van der Waals surface area contributed by atoms with Crippen LogP contribution < -0.4 is 0 Å². The first-order valence-corrected chi connectivity index (χ1v) is 8.12. The van der Waals surface area contributed by atoms with Gasteiger partial charge in [0, 0.05) is 22.3 Å². The Morgan fingerprint density at radius 3 is 1.28 bits per heavy atom. The minimum atomic E-state index is -0.706. The van der Waals surface area contributed by atoms with Gasteiger partial charge in [-0.15, -0.1) is 0 Å². The number of carbonyl (C=O) groups excluding carboxylic acids is 4. The van der Waals surface area contributed by atoms with Crippen molar-refractivity contribution >= 4 is 45.3 Å². The number of ketones is 2. The van der Waals surface area contributed by atoms with Gasteiger partial charge in [0.25, 0.3) is 10.5 Å². The van der Waals surface area contributed by atoms with Crippen LogP contribution in [0.25, 0.3) is 0 Å². The Hall–Kier alpha value is -2.30. The molecular weight excluding hydrogens is 363 g/mol. The van der Waals surface area contributed by atoms with Gasteiger partial charge in [-0.2, -0.15) is 0 Å². The SMILES string of the molecule is CC(=O)c1cc(Cc2cc(C(=O)Cl)cc(C(=O)Cl)c2)cc(C(C)=O)c1. The van der Waals surface area contributed by atoms with Gasteiger partial charge in [0.2, 0.25) is 0 Å². The zero-order valence-corrected chi connectivity index (χ0v) is 15.1. The molecule has 0 fully saturated rings. The molecule has 0 aliphatic rings. The van der Waals surface area contributed by atoms with Crippen LogP contribution in [0.5, 0.6) is 0 Å². The molecule has 0 aliphatic heterocycles. The van der Waals surface area contributed by atoms with E-state index in [4.69, 9.17) is 23.2 Å². The Kier molecular flexibility index (Phi) is 5.88. The molecule has 4 nitrogen and oxygen atoms in total. The second-order valence-corrected chi connectivity index (χ2v) is 6.36. The molecule has 2 aromatic rings. The Morgan fingerprint density at radius 2 is 0.960 bits per heavy atom. The zero-order chi connectivity index (χ0) is 18.7. The first kappa shape index (κ1) is 19.0. The second-order valence-electron chi connectivity index (χ2n) is 5.67. The molecule has 0 atom stereocenters. The Morgan fingerprint density at radius 1 is 0.640 bits per heavy atom. The quantitative estimate of drug-likeness (QED) is 0.551. The highest BCUT2D eigenvalue weighted by Crippen LogP contribution is 2.20. The number of hydrogen-bond acceptors (Lipinski definition) is 4. The summed E-state index contributed by atoms with van der Waals surface area (Å²) in [5.74, 6) is -0.323. The molecule has 6 heteroatoms. The van der Waals surface area contributed by atoms with Gasteiger partial charge < -0.3 is 0 Å². The summed E-state index contributed by atoms with van der Waals surface area (Å²) in [6, 6.07) is 9.30. The maximum absolute atomic E-state index is 11.7. The fourth-order valence-electron chi connectivity index (χ4n) is 2.46. The average Bonchev–Trinajstić information content (AvgIpc) is 2.53. The van der Waals surface area contributed by atoms with E-state index >= 15 is 0 Å². The first-order valence-electron chi connectivity index (χ1n) is 7.37. The third-order valence-corrected chi connectivity index (χ3v) is 4.10. The van der Waals surface area contributed by atoms with Crippen molar-refractivity contribution in [3.8, 4) is 0 Å². The van der Waals surface area contributed by atoms with Crippen LogP contribution in [0.15, 0.2) is 36.4 Å². The number of benzene rings is 2. The first-order chi connectivity index (χ1) is 11.7. The Labute approximate surface area is 154 Å². The molecule has 0 unspecified atom stereocenters. The monoisotopic (exact) mass is 376 g/mol. The van der Waals surface area contributed by atoms with E-state index in [2.05, 4.69) is 0 Å². The van der Waals surface area contributed by atoms with Crippen LogP contribution in [-0.2, 0) is 6.42 Å². The second kappa shape index (κ2) is 7.72. The van der Waals surface area contributed by atoms with Crippen molar-refractivity contribution in [3.63, 3.8) is 0 Å². The number of hydrogen-bond donors (Lipinski definition) is 0. The topological polar surface area (TPSA) is 68.3 Å². The van der Waals surface area contributed by atoms with Crippen molar-refractivity contribution in [2.24, 2.45) is 0 Å². The molecule has 128 valence electrons. The highest BCUT2D eigenvalue weighted by molar-refractivity contribution is 6.69. The highest BCUT2D eigenvalue weighted by atomic mass is 35.5. The van der Waals surface area contributed by atoms with Gasteiger partial charge in [-0.1, -0.05) is 0 Å². The van der Waals surface area contributed by atoms with Crippen molar-refractivity contribution in [3.05, 3.63) is 69.8 Å². The third kappa shape index (κ3) is 4.84. The van der Waals surface area contributed by atoms with E-state index in [9.17, 15) is 19.2 Å². The molecule has 2 aromatic carbocycles. The minimum Gasteiger partial charge on any atom is -0.295 e. The zero-order valence-electron chi connectivity index (χ0n) is 13.6. The summed E-state index contributed by atoms with van der Waals surface area (Å²) in [5, 5.41) is -1.41. The van der Waals surface area contributed by atoms with Crippen LogP contribution in [0.4, 0.5) is 0 Å². The number of Topliss-reactive ketones (excluding diaryl/α,β-unsaturated/α-hetero) is 2. The van der Waals surface area contributed by atoms with Gasteiger partial charge in [0.1, 0.15) is 0 Å². The predicted molar refractivity (Wildman–Crippen MR) is 96.1 cm³/mol. The van der Waals surface area contributed by atoms with E-state index in [0.29, 0.717) is 28.7 Å². The fourth-order valence-corrected chi connectivity index (χ4v) is 2.68. The van der Waals surface area contributed by atoms with E-state index < -0.39 is 10.5 Å². The molecule has 0 bridgehead atoms. The molecular formula is C19H14Cl2O4. The normalized spacial score (nSPS) is 10.4. The van der Waals surface area contributed by atoms with Gasteiger partial charge in [-0.3, -0.25) is 19.2 Å². The van der Waals surface area contributed by atoms with E-state index in [1.54, 1.807) is 30.3 Å². The van der Waals surface area contributed by atoms with E-state index in [1.165, 1.54) is 19.9 Å². The summed E-state index contributed by atoms with van der Waals surface area (Å²) in [7, 11) is 0. The fraction of sp³-hybridized carbons (Fsp3) is 0.158. The Bertz CT molecular complexity index is 762. The van der Waals surface area contributed by atoms with E-state index in [1.807, 2.05) is 0 Å². The van der Waals surface area contributed by atoms with E-state index in [0.717, 1.165) is 0 Å². The van der Waals surface area contributed by atoms with Crippen LogP contribution in [0.1, 0.15) is 66.4 Å². The molecule has 0 spiro atoms. The highest BCUT2D eigenvalue weighted by Gasteiger charge is 2.13. The summed E-state index contributed by atoms with van der Waals surface area (Å²) < 4.78 is 0. The lowest BCUT2D eigenvalue weighted by Crippen LogP contribution is -2.03. The van der Waals surface area contributed by atoms with Gasteiger partial charge in [0.05, 0.1) is 0 Å². The molecule has 0 saturated heterocycles. The molecule has 0 aliphatic carbocycles. The number of halogens is 2. The van der Waals surface area contributed by atoms with Crippen LogP contribution in [0, 0.1) is 0 Å². The largest absolute Gasteiger partial charge is 0.295 e. The maximum Gasteiger partial charge on any atom is 0.252 e. The van der Waals surface area contributed by atoms with Crippen LogP contribution in [0.2, 0.25) is 0 Å². The maximum atomic E-state index is 11.7. The van der Waals surface area contributed by atoms with Crippen molar-refractivity contribution < 1.29 is 19.2 Å². The van der Waals surface area contributed by atoms with Crippen molar-refractivity contribution in [2.45, 2.75) is 20.3 Å². The Balaban J connectivity index is 2.51. The molecule has 0 aromatic heterocycles. The molecule has 0 amide bonds.